The quantitative estimate of drug-likeness (QED) is 0.725. The predicted molar refractivity (Wildman–Crippen MR) is 63.8 cm³/mol. The number of hydrogen-bond acceptors (Lipinski definition) is 4. The van der Waals surface area contributed by atoms with Gasteiger partial charge in [-0.25, -0.2) is 4.98 Å². The van der Waals surface area contributed by atoms with E-state index in [2.05, 4.69) is 10.3 Å². The molecule has 0 bridgehead atoms. The molecule has 3 nitrogen and oxygen atoms in total. The third-order valence-corrected chi connectivity index (χ3v) is 4.22. The highest BCUT2D eigenvalue weighted by Crippen LogP contribution is 2.42. The molecule has 1 aliphatic rings. The Hall–Kier alpha value is -0.450. The first-order valence-electron chi connectivity index (χ1n) is 5.64. The molecule has 84 valence electrons. The Morgan fingerprint density at radius 3 is 2.93 bits per heavy atom. The van der Waals surface area contributed by atoms with Crippen LogP contribution in [0.15, 0.2) is 11.6 Å². The van der Waals surface area contributed by atoms with E-state index in [0.29, 0.717) is 5.41 Å². The Morgan fingerprint density at radius 2 is 2.40 bits per heavy atom. The minimum atomic E-state index is 0.468. The lowest BCUT2D eigenvalue weighted by atomic mass is 9.67. The van der Waals surface area contributed by atoms with Crippen molar-refractivity contribution in [2.45, 2.75) is 32.2 Å². The first-order valence-corrected chi connectivity index (χ1v) is 6.52. The van der Waals surface area contributed by atoms with Crippen LogP contribution in [0.1, 0.15) is 30.7 Å². The maximum absolute atomic E-state index is 5.81. The van der Waals surface area contributed by atoms with E-state index in [9.17, 15) is 0 Å². The van der Waals surface area contributed by atoms with Gasteiger partial charge < -0.3 is 11.1 Å². The minimum Gasteiger partial charge on any atom is -0.330 e. The van der Waals surface area contributed by atoms with Crippen molar-refractivity contribution in [3.63, 3.8) is 0 Å². The molecule has 2 rings (SSSR count). The number of aromatic nitrogens is 1. The second-order valence-electron chi connectivity index (χ2n) is 4.41. The number of hydrogen-bond donors (Lipinski definition) is 2. The Kier molecular flexibility index (Phi) is 3.72. The lowest BCUT2D eigenvalue weighted by Gasteiger charge is -2.41. The second-order valence-corrected chi connectivity index (χ2v) is 5.39. The van der Waals surface area contributed by atoms with E-state index in [1.165, 1.54) is 30.7 Å². The van der Waals surface area contributed by atoms with Crippen LogP contribution in [0.3, 0.4) is 0 Å². The number of nitrogens with one attached hydrogen (secondary N) is 1. The maximum atomic E-state index is 5.81. The number of thiazole rings is 1. The molecule has 3 N–H and O–H groups in total. The fourth-order valence-electron chi connectivity index (χ4n) is 2.12. The zero-order valence-electron chi connectivity index (χ0n) is 9.04. The molecule has 1 aliphatic carbocycles. The number of nitrogens with zero attached hydrogens (tertiary/aromatic N) is 1. The first-order chi connectivity index (χ1) is 7.35. The van der Waals surface area contributed by atoms with Gasteiger partial charge >= 0.3 is 0 Å². The summed E-state index contributed by atoms with van der Waals surface area (Å²) in [4.78, 5) is 4.24. The summed E-state index contributed by atoms with van der Waals surface area (Å²) in [7, 11) is 0. The van der Waals surface area contributed by atoms with Crippen molar-refractivity contribution in [3.8, 4) is 0 Å². The second kappa shape index (κ2) is 5.05. The summed E-state index contributed by atoms with van der Waals surface area (Å²) in [6.07, 6.45) is 7.08. The van der Waals surface area contributed by atoms with Crippen LogP contribution in [-0.4, -0.2) is 18.1 Å². The molecule has 1 aromatic rings. The van der Waals surface area contributed by atoms with Gasteiger partial charge in [-0.2, -0.15) is 0 Å². The van der Waals surface area contributed by atoms with Gasteiger partial charge in [0.2, 0.25) is 0 Å². The molecular formula is C11H19N3S. The predicted octanol–water partition coefficient (Wildman–Crippen LogP) is 1.75. The summed E-state index contributed by atoms with van der Waals surface area (Å²) in [5.41, 5.74) is 6.28. The minimum absolute atomic E-state index is 0.468. The van der Waals surface area contributed by atoms with Gasteiger partial charge in [0, 0.05) is 18.1 Å². The Balaban J connectivity index is 1.62. The van der Waals surface area contributed by atoms with Crippen molar-refractivity contribution in [2.24, 2.45) is 11.1 Å². The molecule has 0 spiro atoms. The number of rotatable bonds is 6. The SMILES string of the molecule is NCC1(CCNCc2nccs2)CCC1. The van der Waals surface area contributed by atoms with Crippen molar-refractivity contribution in [2.75, 3.05) is 13.1 Å². The van der Waals surface area contributed by atoms with Crippen molar-refractivity contribution in [1.29, 1.82) is 0 Å². The van der Waals surface area contributed by atoms with E-state index < -0.39 is 0 Å². The molecule has 0 atom stereocenters. The van der Waals surface area contributed by atoms with Crippen LogP contribution in [0, 0.1) is 5.41 Å². The van der Waals surface area contributed by atoms with Crippen molar-refractivity contribution in [1.82, 2.24) is 10.3 Å². The highest BCUT2D eigenvalue weighted by atomic mass is 32.1. The summed E-state index contributed by atoms with van der Waals surface area (Å²) in [6.45, 7) is 2.82. The third kappa shape index (κ3) is 2.77. The molecule has 0 aliphatic heterocycles. The van der Waals surface area contributed by atoms with Gasteiger partial charge in [0.1, 0.15) is 5.01 Å². The molecule has 0 aromatic carbocycles. The van der Waals surface area contributed by atoms with Crippen molar-refractivity contribution >= 4 is 11.3 Å². The molecule has 1 fully saturated rings. The largest absolute Gasteiger partial charge is 0.330 e. The van der Waals surface area contributed by atoms with Crippen molar-refractivity contribution < 1.29 is 0 Å². The molecule has 0 saturated heterocycles. The fraction of sp³-hybridized carbons (Fsp3) is 0.727. The van der Waals surface area contributed by atoms with Gasteiger partial charge in [0.25, 0.3) is 0 Å². The van der Waals surface area contributed by atoms with Crippen LogP contribution < -0.4 is 11.1 Å². The van der Waals surface area contributed by atoms with E-state index >= 15 is 0 Å². The maximum Gasteiger partial charge on any atom is 0.106 e. The molecule has 0 radical (unpaired) electrons. The van der Waals surface area contributed by atoms with E-state index in [1.807, 2.05) is 11.6 Å². The monoisotopic (exact) mass is 225 g/mol. The molecular weight excluding hydrogens is 206 g/mol. The van der Waals surface area contributed by atoms with Crippen LogP contribution in [0.25, 0.3) is 0 Å². The van der Waals surface area contributed by atoms with Gasteiger partial charge in [-0.1, -0.05) is 6.42 Å². The first kappa shape index (κ1) is 11.0. The standard InChI is InChI=1S/C11H19N3S/c12-9-11(2-1-3-11)4-5-13-8-10-14-6-7-15-10/h6-7,13H,1-5,8-9,12H2. The molecule has 1 saturated carbocycles. The lowest BCUT2D eigenvalue weighted by Crippen LogP contribution is -2.39. The molecule has 1 heterocycles. The van der Waals surface area contributed by atoms with E-state index in [-0.39, 0.29) is 0 Å². The third-order valence-electron chi connectivity index (χ3n) is 3.44. The summed E-state index contributed by atoms with van der Waals surface area (Å²) >= 11 is 1.71. The summed E-state index contributed by atoms with van der Waals surface area (Å²) in [5, 5.41) is 6.63. The molecule has 4 heteroatoms. The average molecular weight is 225 g/mol. The summed E-state index contributed by atoms with van der Waals surface area (Å²) in [5.74, 6) is 0. The highest BCUT2D eigenvalue weighted by molar-refractivity contribution is 7.09. The zero-order valence-corrected chi connectivity index (χ0v) is 9.85. The molecule has 0 unspecified atom stereocenters. The smallest absolute Gasteiger partial charge is 0.106 e. The van der Waals surface area contributed by atoms with E-state index in [4.69, 9.17) is 5.73 Å². The molecule has 15 heavy (non-hydrogen) atoms. The fourth-order valence-corrected chi connectivity index (χ4v) is 2.71. The molecule has 0 amide bonds. The summed E-state index contributed by atoms with van der Waals surface area (Å²) in [6, 6.07) is 0. The van der Waals surface area contributed by atoms with Crippen LogP contribution >= 0.6 is 11.3 Å². The van der Waals surface area contributed by atoms with Crippen LogP contribution in [0.4, 0.5) is 0 Å². The van der Waals surface area contributed by atoms with Crippen LogP contribution in [0.2, 0.25) is 0 Å². The Bertz CT molecular complexity index is 275. The van der Waals surface area contributed by atoms with Gasteiger partial charge in [-0.05, 0) is 37.8 Å². The zero-order chi connectivity index (χ0) is 10.6. The summed E-state index contributed by atoms with van der Waals surface area (Å²) < 4.78 is 0. The normalized spacial score (nSPS) is 18.7. The number of nitrogens with two attached hydrogens (primary N) is 1. The van der Waals surface area contributed by atoms with E-state index in [1.54, 1.807) is 11.3 Å². The van der Waals surface area contributed by atoms with Gasteiger partial charge in [0.05, 0.1) is 0 Å². The van der Waals surface area contributed by atoms with E-state index in [0.717, 1.165) is 19.6 Å². The van der Waals surface area contributed by atoms with Crippen molar-refractivity contribution in [3.05, 3.63) is 16.6 Å². The highest BCUT2D eigenvalue weighted by Gasteiger charge is 2.34. The Labute approximate surface area is 95.1 Å². The van der Waals surface area contributed by atoms with Gasteiger partial charge in [-0.3, -0.25) is 0 Å². The average Bonchev–Trinajstić information content (AvgIpc) is 2.68. The lowest BCUT2D eigenvalue weighted by molar-refractivity contribution is 0.130. The van der Waals surface area contributed by atoms with Gasteiger partial charge in [-0.15, -0.1) is 11.3 Å². The van der Waals surface area contributed by atoms with Gasteiger partial charge in [0.15, 0.2) is 0 Å². The van der Waals surface area contributed by atoms with Crippen LogP contribution in [0.5, 0.6) is 0 Å². The Morgan fingerprint density at radius 1 is 1.53 bits per heavy atom. The topological polar surface area (TPSA) is 50.9 Å². The molecule has 1 aromatic heterocycles. The van der Waals surface area contributed by atoms with Crippen LogP contribution in [-0.2, 0) is 6.54 Å².